The molecule has 0 saturated carbocycles. The highest BCUT2D eigenvalue weighted by Crippen LogP contribution is 2.13. The van der Waals surface area contributed by atoms with Crippen molar-refractivity contribution in [2.24, 2.45) is 5.92 Å². The summed E-state index contributed by atoms with van der Waals surface area (Å²) in [7, 11) is 0. The zero-order valence-corrected chi connectivity index (χ0v) is 13.8. The normalized spacial score (nSPS) is 17.7. The smallest absolute Gasteiger partial charge is 0.0547 e. The highest BCUT2D eigenvalue weighted by Gasteiger charge is 2.09. The topological polar surface area (TPSA) is 28.2 Å². The maximum atomic E-state index is 4.81. The first-order valence-corrected chi connectivity index (χ1v) is 8.62. The van der Waals surface area contributed by atoms with Crippen LogP contribution in [-0.2, 0) is 13.1 Å². The van der Waals surface area contributed by atoms with Crippen LogP contribution in [0.5, 0.6) is 0 Å². The molecule has 0 radical (unpaired) electrons. The van der Waals surface area contributed by atoms with E-state index < -0.39 is 0 Å². The van der Waals surface area contributed by atoms with Crippen LogP contribution >= 0.6 is 0 Å². The number of likely N-dealkylation sites (tertiary alicyclic amines) is 1. The van der Waals surface area contributed by atoms with E-state index in [0.717, 1.165) is 19.6 Å². The number of hydrogen-bond donors (Lipinski definition) is 1. The summed E-state index contributed by atoms with van der Waals surface area (Å²) in [5.74, 6) is 0.689. The van der Waals surface area contributed by atoms with Crippen LogP contribution < -0.4 is 5.32 Å². The zero-order chi connectivity index (χ0) is 14.9. The molecule has 1 N–H and O–H groups in total. The van der Waals surface area contributed by atoms with Gasteiger partial charge in [0.25, 0.3) is 0 Å². The third-order valence-corrected chi connectivity index (χ3v) is 4.06. The Morgan fingerprint density at radius 2 is 1.71 bits per heavy atom. The quantitative estimate of drug-likeness (QED) is 0.867. The molecule has 1 aliphatic rings. The number of hydrogen-bond acceptors (Lipinski definition) is 3. The van der Waals surface area contributed by atoms with Gasteiger partial charge in [0.05, 0.1) is 11.4 Å². The molecule has 0 bridgehead atoms. The minimum Gasteiger partial charge on any atom is -0.311 e. The Bertz CT molecular complexity index is 395. The van der Waals surface area contributed by atoms with Crippen molar-refractivity contribution >= 4 is 0 Å². The van der Waals surface area contributed by atoms with Gasteiger partial charge in [-0.3, -0.25) is 9.88 Å². The van der Waals surface area contributed by atoms with Crippen LogP contribution in [-0.4, -0.2) is 29.5 Å². The molecule has 3 nitrogen and oxygen atoms in total. The minimum absolute atomic E-state index is 0.689. The van der Waals surface area contributed by atoms with Crippen molar-refractivity contribution in [1.29, 1.82) is 0 Å². The fourth-order valence-electron chi connectivity index (χ4n) is 2.90. The number of nitrogens with zero attached hydrogens (tertiary/aromatic N) is 2. The summed E-state index contributed by atoms with van der Waals surface area (Å²) in [6.45, 7) is 9.88. The fraction of sp³-hybridized carbons (Fsp3) is 0.722. The molecule has 0 unspecified atom stereocenters. The summed E-state index contributed by atoms with van der Waals surface area (Å²) >= 11 is 0. The third kappa shape index (κ3) is 6.58. The molecular weight excluding hydrogens is 258 g/mol. The molecule has 0 atom stereocenters. The molecule has 21 heavy (non-hydrogen) atoms. The summed E-state index contributed by atoms with van der Waals surface area (Å²) < 4.78 is 0. The second kappa shape index (κ2) is 9.16. The van der Waals surface area contributed by atoms with Gasteiger partial charge < -0.3 is 5.32 Å². The van der Waals surface area contributed by atoms with Crippen molar-refractivity contribution in [2.75, 3.05) is 19.6 Å². The largest absolute Gasteiger partial charge is 0.311 e. The average Bonchev–Trinajstić information content (AvgIpc) is 2.42. The van der Waals surface area contributed by atoms with Crippen LogP contribution in [0.3, 0.4) is 0 Å². The molecule has 0 aromatic carbocycles. The lowest BCUT2D eigenvalue weighted by atomic mass is 10.1. The van der Waals surface area contributed by atoms with Crippen molar-refractivity contribution in [3.8, 4) is 0 Å². The average molecular weight is 289 g/mol. The molecule has 2 rings (SSSR count). The minimum atomic E-state index is 0.689. The van der Waals surface area contributed by atoms with Crippen LogP contribution in [0.4, 0.5) is 0 Å². The summed E-state index contributed by atoms with van der Waals surface area (Å²) in [5.41, 5.74) is 2.39. The van der Waals surface area contributed by atoms with Gasteiger partial charge in [-0.05, 0) is 50.5 Å². The molecule has 1 aliphatic heterocycles. The lowest BCUT2D eigenvalue weighted by molar-refractivity contribution is 0.237. The van der Waals surface area contributed by atoms with Gasteiger partial charge in [0.1, 0.15) is 0 Å². The number of aromatic nitrogens is 1. The molecule has 1 fully saturated rings. The summed E-state index contributed by atoms with van der Waals surface area (Å²) in [6, 6.07) is 6.45. The van der Waals surface area contributed by atoms with Crippen LogP contribution in [0.1, 0.15) is 57.3 Å². The lowest BCUT2D eigenvalue weighted by Crippen LogP contribution is -2.27. The highest BCUT2D eigenvalue weighted by atomic mass is 15.1. The summed E-state index contributed by atoms with van der Waals surface area (Å²) in [5, 5.41) is 3.47. The number of rotatable bonds is 6. The molecule has 118 valence electrons. The van der Waals surface area contributed by atoms with Gasteiger partial charge in [0, 0.05) is 13.1 Å². The second-order valence-electron chi connectivity index (χ2n) is 6.69. The maximum Gasteiger partial charge on any atom is 0.0547 e. The first-order chi connectivity index (χ1) is 10.2. The van der Waals surface area contributed by atoms with E-state index in [2.05, 4.69) is 42.3 Å². The van der Waals surface area contributed by atoms with Crippen molar-refractivity contribution in [2.45, 2.75) is 59.0 Å². The Labute approximate surface area is 130 Å². The van der Waals surface area contributed by atoms with Crippen LogP contribution in [0.15, 0.2) is 18.2 Å². The molecule has 2 heterocycles. The summed E-state index contributed by atoms with van der Waals surface area (Å²) in [6.07, 6.45) is 6.89. The Morgan fingerprint density at radius 1 is 1.05 bits per heavy atom. The summed E-state index contributed by atoms with van der Waals surface area (Å²) in [4.78, 5) is 7.39. The molecule has 3 heteroatoms. The van der Waals surface area contributed by atoms with Gasteiger partial charge in [-0.2, -0.15) is 0 Å². The van der Waals surface area contributed by atoms with Gasteiger partial charge in [0.15, 0.2) is 0 Å². The first kappa shape index (κ1) is 16.4. The molecule has 0 aliphatic carbocycles. The van der Waals surface area contributed by atoms with Crippen LogP contribution in [0.25, 0.3) is 0 Å². The Hall–Kier alpha value is -0.930. The van der Waals surface area contributed by atoms with E-state index in [1.165, 1.54) is 56.6 Å². The van der Waals surface area contributed by atoms with E-state index in [1.807, 2.05) is 0 Å². The van der Waals surface area contributed by atoms with Crippen LogP contribution in [0, 0.1) is 5.92 Å². The molecule has 0 spiro atoms. The van der Waals surface area contributed by atoms with E-state index in [0.29, 0.717) is 5.92 Å². The lowest BCUT2D eigenvalue weighted by Gasteiger charge is -2.24. The van der Waals surface area contributed by atoms with Gasteiger partial charge in [0.2, 0.25) is 0 Å². The Morgan fingerprint density at radius 3 is 2.43 bits per heavy atom. The molecular formula is C18H31N3. The van der Waals surface area contributed by atoms with E-state index >= 15 is 0 Å². The van der Waals surface area contributed by atoms with Crippen molar-refractivity contribution in [3.05, 3.63) is 29.6 Å². The van der Waals surface area contributed by atoms with E-state index in [4.69, 9.17) is 4.98 Å². The van der Waals surface area contributed by atoms with Gasteiger partial charge in [-0.25, -0.2) is 0 Å². The predicted molar refractivity (Wildman–Crippen MR) is 89.1 cm³/mol. The van der Waals surface area contributed by atoms with E-state index in [1.54, 1.807) is 0 Å². The van der Waals surface area contributed by atoms with Crippen molar-refractivity contribution in [1.82, 2.24) is 15.2 Å². The Kier molecular flexibility index (Phi) is 7.17. The second-order valence-corrected chi connectivity index (χ2v) is 6.69. The van der Waals surface area contributed by atoms with Crippen LogP contribution in [0.2, 0.25) is 0 Å². The van der Waals surface area contributed by atoms with E-state index in [-0.39, 0.29) is 0 Å². The van der Waals surface area contributed by atoms with Gasteiger partial charge in [-0.1, -0.05) is 39.2 Å². The monoisotopic (exact) mass is 289 g/mol. The van der Waals surface area contributed by atoms with Gasteiger partial charge >= 0.3 is 0 Å². The predicted octanol–water partition coefficient (Wildman–Crippen LogP) is 3.59. The highest BCUT2D eigenvalue weighted by molar-refractivity contribution is 5.11. The van der Waals surface area contributed by atoms with E-state index in [9.17, 15) is 0 Å². The van der Waals surface area contributed by atoms with Crippen molar-refractivity contribution in [3.63, 3.8) is 0 Å². The number of pyridine rings is 1. The zero-order valence-electron chi connectivity index (χ0n) is 13.8. The standard InChI is InChI=1S/C18H31N3/c1-16(2)13-19-14-17-9-8-10-18(20-17)15-21-11-6-4-3-5-7-12-21/h8-10,16,19H,3-7,11-15H2,1-2H3. The Balaban J connectivity index is 1.84. The van der Waals surface area contributed by atoms with Crippen molar-refractivity contribution < 1.29 is 0 Å². The molecule has 1 aromatic heterocycles. The SMILES string of the molecule is CC(C)CNCc1cccc(CN2CCCCCCC2)n1. The first-order valence-electron chi connectivity index (χ1n) is 8.62. The molecule has 0 amide bonds. The number of nitrogens with one attached hydrogen (secondary N) is 1. The molecule has 1 saturated heterocycles. The van der Waals surface area contributed by atoms with Gasteiger partial charge in [-0.15, -0.1) is 0 Å². The molecule has 1 aromatic rings. The third-order valence-electron chi connectivity index (χ3n) is 4.06. The fourth-order valence-corrected chi connectivity index (χ4v) is 2.90. The maximum absolute atomic E-state index is 4.81.